The third-order valence-electron chi connectivity index (χ3n) is 5.86. The molecule has 4 nitrogen and oxygen atoms in total. The standard InChI is InChI=1S/C24H27FN2O2S2/c1-4-30-27-14-20-19(21(20)15-27)12-10-18-11-13-22(24(23(18)25)26(2)31(3)28)29-16-17-8-6-5-7-9-17/h5-9,11,13,19-21H,4,14-16H2,1-3H3. The maximum absolute atomic E-state index is 15.4. The van der Waals surface area contributed by atoms with Gasteiger partial charge in [-0.15, -0.1) is 0 Å². The van der Waals surface area contributed by atoms with Gasteiger partial charge in [0.25, 0.3) is 0 Å². The smallest absolute Gasteiger partial charge is 0.166 e. The molecule has 0 spiro atoms. The monoisotopic (exact) mass is 458 g/mol. The van der Waals surface area contributed by atoms with E-state index >= 15 is 4.39 Å². The van der Waals surface area contributed by atoms with E-state index in [1.54, 1.807) is 19.2 Å². The number of hydrogen-bond acceptors (Lipinski definition) is 4. The molecule has 2 aromatic carbocycles. The Morgan fingerprint density at radius 2 is 1.94 bits per heavy atom. The lowest BCUT2D eigenvalue weighted by molar-refractivity contribution is 0.306. The third-order valence-corrected chi connectivity index (χ3v) is 7.74. The zero-order chi connectivity index (χ0) is 22.0. The van der Waals surface area contributed by atoms with E-state index in [1.807, 2.05) is 42.3 Å². The lowest BCUT2D eigenvalue weighted by Crippen LogP contribution is -2.21. The first-order valence-electron chi connectivity index (χ1n) is 10.5. The van der Waals surface area contributed by atoms with E-state index in [0.717, 1.165) is 24.4 Å². The Morgan fingerprint density at radius 1 is 1.23 bits per heavy atom. The van der Waals surface area contributed by atoms with Crippen LogP contribution >= 0.6 is 11.9 Å². The first-order valence-corrected chi connectivity index (χ1v) is 12.9. The lowest BCUT2D eigenvalue weighted by Gasteiger charge is -2.21. The zero-order valence-corrected chi connectivity index (χ0v) is 19.6. The van der Waals surface area contributed by atoms with Gasteiger partial charge < -0.3 is 4.74 Å². The molecule has 164 valence electrons. The van der Waals surface area contributed by atoms with E-state index in [1.165, 1.54) is 10.6 Å². The quantitative estimate of drug-likeness (QED) is 0.457. The van der Waals surface area contributed by atoms with Crippen LogP contribution in [0.25, 0.3) is 0 Å². The van der Waals surface area contributed by atoms with Crippen molar-refractivity contribution in [3.8, 4) is 17.6 Å². The van der Waals surface area contributed by atoms with Gasteiger partial charge in [0.2, 0.25) is 0 Å². The summed E-state index contributed by atoms with van der Waals surface area (Å²) in [5.41, 5.74) is 1.49. The minimum Gasteiger partial charge on any atom is -0.487 e. The molecule has 0 bridgehead atoms. The summed E-state index contributed by atoms with van der Waals surface area (Å²) in [5.74, 6) is 8.88. The fraction of sp³-hybridized carbons (Fsp3) is 0.417. The average Bonchev–Trinajstić information content (AvgIpc) is 3.22. The molecular weight excluding hydrogens is 431 g/mol. The molecular formula is C24H27FN2O2S2. The maximum Gasteiger partial charge on any atom is 0.166 e. The molecule has 0 N–H and O–H groups in total. The Morgan fingerprint density at radius 3 is 2.58 bits per heavy atom. The highest BCUT2D eigenvalue weighted by atomic mass is 32.2. The number of ether oxygens (including phenoxy) is 1. The van der Waals surface area contributed by atoms with Gasteiger partial charge in [0, 0.05) is 38.1 Å². The Bertz CT molecular complexity index is 1010. The van der Waals surface area contributed by atoms with Crippen LogP contribution < -0.4 is 9.04 Å². The SMILES string of the molecule is CCSN1CC2C(C#Cc3ccc(OCc4ccccc4)c(N(C)S(C)=O)c3F)C2C1. The molecule has 1 aliphatic heterocycles. The molecule has 31 heavy (non-hydrogen) atoms. The second kappa shape index (κ2) is 9.64. The van der Waals surface area contributed by atoms with Crippen LogP contribution in [0.3, 0.4) is 0 Å². The number of fused-ring (bicyclic) bond motifs is 1. The molecule has 1 saturated carbocycles. The second-order valence-electron chi connectivity index (χ2n) is 7.86. The lowest BCUT2D eigenvalue weighted by atomic mass is 10.1. The fourth-order valence-electron chi connectivity index (χ4n) is 4.07. The summed E-state index contributed by atoms with van der Waals surface area (Å²) in [4.78, 5) is 0. The van der Waals surface area contributed by atoms with Gasteiger partial charge in [-0.05, 0) is 29.5 Å². The van der Waals surface area contributed by atoms with Gasteiger partial charge in [0.05, 0.1) is 5.56 Å². The Kier molecular flexibility index (Phi) is 6.90. The summed E-state index contributed by atoms with van der Waals surface area (Å²) in [6, 6.07) is 13.1. The second-order valence-corrected chi connectivity index (χ2v) is 10.6. The number of benzene rings is 2. The molecule has 3 unspecified atom stereocenters. The van der Waals surface area contributed by atoms with Crippen LogP contribution in [0.1, 0.15) is 18.1 Å². The number of rotatable bonds is 7. The van der Waals surface area contributed by atoms with Crippen molar-refractivity contribution in [2.45, 2.75) is 13.5 Å². The number of halogens is 1. The molecule has 1 aliphatic carbocycles. The number of nitrogens with zero attached hydrogens (tertiary/aromatic N) is 2. The largest absolute Gasteiger partial charge is 0.487 e. The van der Waals surface area contributed by atoms with Gasteiger partial charge in [-0.3, -0.25) is 4.31 Å². The van der Waals surface area contributed by atoms with Crippen molar-refractivity contribution in [1.82, 2.24) is 4.31 Å². The third kappa shape index (κ3) is 4.92. The highest BCUT2D eigenvalue weighted by Crippen LogP contribution is 2.52. The van der Waals surface area contributed by atoms with Crippen molar-refractivity contribution < 1.29 is 13.3 Å². The van der Waals surface area contributed by atoms with Crippen molar-refractivity contribution in [3.05, 3.63) is 59.4 Å². The maximum atomic E-state index is 15.4. The summed E-state index contributed by atoms with van der Waals surface area (Å²) in [7, 11) is 0.212. The first-order chi connectivity index (χ1) is 15.0. The molecule has 1 saturated heterocycles. The molecule has 2 aromatic rings. The number of hydrogen-bond donors (Lipinski definition) is 0. The van der Waals surface area contributed by atoms with E-state index < -0.39 is 16.8 Å². The van der Waals surface area contributed by atoms with E-state index in [2.05, 4.69) is 23.1 Å². The van der Waals surface area contributed by atoms with Gasteiger partial charge in [0.1, 0.15) is 29.0 Å². The van der Waals surface area contributed by atoms with Crippen LogP contribution in [0, 0.1) is 35.4 Å². The van der Waals surface area contributed by atoms with Crippen LogP contribution in [0.15, 0.2) is 42.5 Å². The van der Waals surface area contributed by atoms with Crippen molar-refractivity contribution in [3.63, 3.8) is 0 Å². The Labute approximate surface area is 190 Å². The first kappa shape index (κ1) is 22.2. The van der Waals surface area contributed by atoms with Gasteiger partial charge >= 0.3 is 0 Å². The van der Waals surface area contributed by atoms with E-state index in [0.29, 0.717) is 35.7 Å². The van der Waals surface area contributed by atoms with Crippen molar-refractivity contribution >= 4 is 28.6 Å². The molecule has 0 radical (unpaired) electrons. The van der Waals surface area contributed by atoms with Crippen LogP contribution in [0.5, 0.6) is 5.75 Å². The molecule has 2 fully saturated rings. The van der Waals surface area contributed by atoms with Gasteiger partial charge in [-0.1, -0.05) is 61.0 Å². The van der Waals surface area contributed by atoms with E-state index in [4.69, 9.17) is 4.74 Å². The summed E-state index contributed by atoms with van der Waals surface area (Å²) in [6.45, 7) is 4.61. The predicted molar refractivity (Wildman–Crippen MR) is 127 cm³/mol. The van der Waals surface area contributed by atoms with E-state index in [-0.39, 0.29) is 5.69 Å². The average molecular weight is 459 g/mol. The molecule has 4 rings (SSSR count). The van der Waals surface area contributed by atoms with Gasteiger partial charge in [-0.25, -0.2) is 12.9 Å². The van der Waals surface area contributed by atoms with Crippen LogP contribution in [0.4, 0.5) is 10.1 Å². The minimum atomic E-state index is -1.39. The molecule has 1 heterocycles. The summed E-state index contributed by atoms with van der Waals surface area (Å²) >= 11 is 1.88. The molecule has 7 heteroatoms. The minimum absolute atomic E-state index is 0.185. The van der Waals surface area contributed by atoms with Crippen molar-refractivity contribution in [2.24, 2.45) is 17.8 Å². The predicted octanol–water partition coefficient (Wildman–Crippen LogP) is 4.33. The summed E-state index contributed by atoms with van der Waals surface area (Å²) in [6.07, 6.45) is 1.52. The zero-order valence-electron chi connectivity index (χ0n) is 18.0. The number of anilines is 1. The Balaban J connectivity index is 1.52. The van der Waals surface area contributed by atoms with Crippen LogP contribution in [-0.2, 0) is 17.6 Å². The molecule has 2 aliphatic rings. The highest BCUT2D eigenvalue weighted by molar-refractivity contribution is 7.97. The van der Waals surface area contributed by atoms with Gasteiger partial charge in [0.15, 0.2) is 5.82 Å². The number of piperidine rings is 1. The van der Waals surface area contributed by atoms with Gasteiger partial charge in [-0.2, -0.15) is 0 Å². The topological polar surface area (TPSA) is 32.8 Å². The summed E-state index contributed by atoms with van der Waals surface area (Å²) in [5, 5.41) is 0. The highest BCUT2D eigenvalue weighted by Gasteiger charge is 2.55. The molecule has 0 aromatic heterocycles. The van der Waals surface area contributed by atoms with Crippen molar-refractivity contribution in [1.29, 1.82) is 0 Å². The molecule has 0 amide bonds. The fourth-order valence-corrected chi connectivity index (χ4v) is 5.42. The van der Waals surface area contributed by atoms with E-state index in [9.17, 15) is 4.21 Å². The van der Waals surface area contributed by atoms with Crippen LogP contribution in [-0.4, -0.2) is 40.7 Å². The van der Waals surface area contributed by atoms with Crippen molar-refractivity contribution in [2.75, 3.05) is 36.5 Å². The normalized spacial score (nSPS) is 22.9. The summed E-state index contributed by atoms with van der Waals surface area (Å²) < 4.78 is 37.2. The van der Waals surface area contributed by atoms with Crippen LogP contribution in [0.2, 0.25) is 0 Å². The Hall–Kier alpha value is -2.01. The molecule has 3 atom stereocenters.